The van der Waals surface area contributed by atoms with Crippen molar-refractivity contribution in [1.82, 2.24) is 14.9 Å². The lowest BCUT2D eigenvalue weighted by atomic mass is 9.99. The number of methoxy groups -OCH3 is 1. The highest BCUT2D eigenvalue weighted by molar-refractivity contribution is 5.94. The first-order valence-corrected chi connectivity index (χ1v) is 12.0. The van der Waals surface area contributed by atoms with Gasteiger partial charge in [0.2, 0.25) is 11.8 Å². The Morgan fingerprint density at radius 1 is 1.03 bits per heavy atom. The second-order valence-electron chi connectivity index (χ2n) is 9.19. The van der Waals surface area contributed by atoms with Crippen molar-refractivity contribution in [2.45, 2.75) is 32.7 Å². The number of halogens is 1. The van der Waals surface area contributed by atoms with Gasteiger partial charge in [-0.05, 0) is 49.1 Å². The predicted molar refractivity (Wildman–Crippen MR) is 131 cm³/mol. The number of benzene rings is 2. The van der Waals surface area contributed by atoms with Crippen LogP contribution < -0.4 is 14.4 Å². The summed E-state index contributed by atoms with van der Waals surface area (Å²) in [6.07, 6.45) is 2.76. The molecule has 7 nitrogen and oxygen atoms in total. The maximum atomic E-state index is 13.8. The van der Waals surface area contributed by atoms with Crippen LogP contribution in [0.3, 0.4) is 0 Å². The number of amides is 1. The minimum atomic E-state index is -0.384. The van der Waals surface area contributed by atoms with Crippen molar-refractivity contribution in [1.29, 1.82) is 0 Å². The Kier molecular flexibility index (Phi) is 6.53. The summed E-state index contributed by atoms with van der Waals surface area (Å²) in [7, 11) is 1.58. The lowest BCUT2D eigenvalue weighted by molar-refractivity contribution is 0.0731. The van der Waals surface area contributed by atoms with Gasteiger partial charge in [-0.3, -0.25) is 4.79 Å². The summed E-state index contributed by atoms with van der Waals surface area (Å²) in [5, 5.41) is 0. The van der Waals surface area contributed by atoms with E-state index >= 15 is 0 Å². The molecule has 35 heavy (non-hydrogen) atoms. The van der Waals surface area contributed by atoms with Gasteiger partial charge in [-0.25, -0.2) is 9.37 Å². The molecule has 0 N–H and O–H groups in total. The molecular weight excluding hydrogens is 447 g/mol. The maximum absolute atomic E-state index is 13.8. The van der Waals surface area contributed by atoms with E-state index in [1.54, 1.807) is 42.3 Å². The quantitative estimate of drug-likeness (QED) is 0.524. The Morgan fingerprint density at radius 2 is 1.80 bits per heavy atom. The van der Waals surface area contributed by atoms with E-state index in [1.165, 1.54) is 12.1 Å². The Labute approximate surface area is 204 Å². The van der Waals surface area contributed by atoms with Crippen LogP contribution in [0, 0.1) is 11.7 Å². The summed E-state index contributed by atoms with van der Waals surface area (Å²) < 4.78 is 25.2. The molecule has 0 spiro atoms. The number of carbonyl (C=O) groups excluding carboxylic acids is 1. The predicted octanol–water partition coefficient (Wildman–Crippen LogP) is 4.85. The van der Waals surface area contributed by atoms with Gasteiger partial charge in [0.05, 0.1) is 24.9 Å². The zero-order valence-corrected chi connectivity index (χ0v) is 20.0. The first kappa shape index (κ1) is 23.1. The summed E-state index contributed by atoms with van der Waals surface area (Å²) in [5.74, 6) is 2.20. The number of carbonyl (C=O) groups is 1. The molecule has 0 unspecified atom stereocenters. The van der Waals surface area contributed by atoms with E-state index in [1.807, 2.05) is 6.07 Å². The average molecular weight is 477 g/mol. The Bertz CT molecular complexity index is 1230. The standard InChI is InChI=1S/C27H29FN4O3/c1-18-9-12-31(13-10-18)27-29-24-11-14-32(26(33)19-5-3-7-21(15-19)34-2)17-23(24)25(30-27)35-22-8-4-6-20(28)16-22/h3-8,15-16,18H,9-14,17H2,1-2H3. The van der Waals surface area contributed by atoms with Crippen LogP contribution in [0.15, 0.2) is 48.5 Å². The van der Waals surface area contributed by atoms with Crippen LogP contribution in [0.1, 0.15) is 41.4 Å². The number of ether oxygens (including phenoxy) is 2. The fourth-order valence-electron chi connectivity index (χ4n) is 4.56. The van der Waals surface area contributed by atoms with Crippen LogP contribution >= 0.6 is 0 Å². The molecule has 3 heterocycles. The highest BCUT2D eigenvalue weighted by Crippen LogP contribution is 2.33. The highest BCUT2D eigenvalue weighted by atomic mass is 19.1. The molecule has 8 heteroatoms. The minimum absolute atomic E-state index is 0.0969. The molecule has 0 saturated carbocycles. The molecule has 2 aliphatic heterocycles. The maximum Gasteiger partial charge on any atom is 0.254 e. The van der Waals surface area contributed by atoms with Crippen LogP contribution in [0.2, 0.25) is 0 Å². The number of anilines is 1. The SMILES string of the molecule is COc1cccc(C(=O)N2CCc3nc(N4CCC(C)CC4)nc(Oc4cccc(F)c4)c3C2)c1. The summed E-state index contributed by atoms with van der Waals surface area (Å²) in [5.41, 5.74) is 2.18. The third-order valence-corrected chi connectivity index (χ3v) is 6.69. The smallest absolute Gasteiger partial charge is 0.254 e. The second-order valence-corrected chi connectivity index (χ2v) is 9.19. The van der Waals surface area contributed by atoms with Gasteiger partial charge in [0.25, 0.3) is 5.91 Å². The van der Waals surface area contributed by atoms with E-state index < -0.39 is 0 Å². The number of aromatic nitrogens is 2. The van der Waals surface area contributed by atoms with E-state index in [2.05, 4.69) is 11.8 Å². The summed E-state index contributed by atoms with van der Waals surface area (Å²) in [6, 6.07) is 13.1. The third kappa shape index (κ3) is 5.06. The van der Waals surface area contributed by atoms with E-state index in [0.29, 0.717) is 54.3 Å². The molecule has 1 amide bonds. The molecule has 1 aromatic heterocycles. The lowest BCUT2D eigenvalue weighted by Gasteiger charge is -2.33. The van der Waals surface area contributed by atoms with Gasteiger partial charge in [0, 0.05) is 37.7 Å². The van der Waals surface area contributed by atoms with E-state index in [-0.39, 0.29) is 11.7 Å². The first-order chi connectivity index (χ1) is 17.0. The number of hydrogen-bond acceptors (Lipinski definition) is 6. The molecule has 1 fully saturated rings. The topological polar surface area (TPSA) is 67.8 Å². The van der Waals surface area contributed by atoms with Gasteiger partial charge in [0.1, 0.15) is 17.3 Å². The second kappa shape index (κ2) is 9.90. The summed E-state index contributed by atoms with van der Waals surface area (Å²) in [6.45, 7) is 4.89. The van der Waals surface area contributed by atoms with Crippen LogP contribution in [0.25, 0.3) is 0 Å². The average Bonchev–Trinajstić information content (AvgIpc) is 2.88. The number of piperidine rings is 1. The normalized spacial score (nSPS) is 16.1. The van der Waals surface area contributed by atoms with Gasteiger partial charge >= 0.3 is 0 Å². The molecule has 0 atom stereocenters. The van der Waals surface area contributed by atoms with Crippen LogP contribution in [0.4, 0.5) is 10.3 Å². The van der Waals surface area contributed by atoms with Crippen LogP contribution in [-0.4, -0.2) is 47.5 Å². The van der Waals surface area contributed by atoms with E-state index in [0.717, 1.165) is 37.2 Å². The lowest BCUT2D eigenvalue weighted by Crippen LogP contribution is -2.38. The van der Waals surface area contributed by atoms with Gasteiger partial charge in [0.15, 0.2) is 0 Å². The number of hydrogen-bond donors (Lipinski definition) is 0. The van der Waals surface area contributed by atoms with Crippen LogP contribution in [-0.2, 0) is 13.0 Å². The highest BCUT2D eigenvalue weighted by Gasteiger charge is 2.29. The monoisotopic (exact) mass is 476 g/mol. The molecule has 2 aromatic carbocycles. The van der Waals surface area contributed by atoms with Crippen molar-refractivity contribution >= 4 is 11.9 Å². The van der Waals surface area contributed by atoms with E-state index in [9.17, 15) is 9.18 Å². The van der Waals surface area contributed by atoms with Crippen molar-refractivity contribution in [3.63, 3.8) is 0 Å². The number of nitrogens with zero attached hydrogens (tertiary/aromatic N) is 4. The summed E-state index contributed by atoms with van der Waals surface area (Å²) >= 11 is 0. The van der Waals surface area contributed by atoms with Gasteiger partial charge in [-0.1, -0.05) is 19.1 Å². The molecular formula is C27H29FN4O3. The fourth-order valence-corrected chi connectivity index (χ4v) is 4.56. The molecule has 0 aliphatic carbocycles. The van der Waals surface area contributed by atoms with Crippen molar-refractivity contribution in [3.8, 4) is 17.4 Å². The van der Waals surface area contributed by atoms with E-state index in [4.69, 9.17) is 19.4 Å². The number of rotatable bonds is 5. The minimum Gasteiger partial charge on any atom is -0.497 e. The van der Waals surface area contributed by atoms with Crippen LogP contribution in [0.5, 0.6) is 17.4 Å². The largest absolute Gasteiger partial charge is 0.497 e. The number of fused-ring (bicyclic) bond motifs is 1. The summed E-state index contributed by atoms with van der Waals surface area (Å²) in [4.78, 5) is 26.9. The molecule has 182 valence electrons. The Morgan fingerprint density at radius 3 is 2.57 bits per heavy atom. The van der Waals surface area contributed by atoms with Gasteiger partial charge in [-0.2, -0.15) is 4.98 Å². The van der Waals surface area contributed by atoms with Gasteiger partial charge in [-0.15, -0.1) is 0 Å². The molecule has 3 aromatic rings. The van der Waals surface area contributed by atoms with Crippen molar-refractivity contribution in [2.24, 2.45) is 5.92 Å². The Hall–Kier alpha value is -3.68. The van der Waals surface area contributed by atoms with Crippen molar-refractivity contribution in [3.05, 3.63) is 71.2 Å². The van der Waals surface area contributed by atoms with Gasteiger partial charge < -0.3 is 19.3 Å². The molecule has 5 rings (SSSR count). The Balaban J connectivity index is 1.47. The zero-order valence-electron chi connectivity index (χ0n) is 20.0. The molecule has 2 aliphatic rings. The molecule has 0 bridgehead atoms. The third-order valence-electron chi connectivity index (χ3n) is 6.69. The zero-order chi connectivity index (χ0) is 24.4. The van der Waals surface area contributed by atoms with Crippen molar-refractivity contribution < 1.29 is 18.7 Å². The molecule has 1 saturated heterocycles. The first-order valence-electron chi connectivity index (χ1n) is 12.0. The fraction of sp³-hybridized carbons (Fsp3) is 0.370. The molecule has 0 radical (unpaired) electrons. The van der Waals surface area contributed by atoms with Crippen molar-refractivity contribution in [2.75, 3.05) is 31.6 Å².